The van der Waals surface area contributed by atoms with Crippen molar-refractivity contribution in [1.29, 1.82) is 0 Å². The molecule has 0 spiro atoms. The molecule has 1 unspecified atom stereocenters. The number of benzene rings is 1. The van der Waals surface area contributed by atoms with Crippen LogP contribution in [0, 0.1) is 0 Å². The average molecular weight is 503 g/mol. The Hall–Kier alpha value is -1.84. The van der Waals surface area contributed by atoms with Crippen LogP contribution in [-0.2, 0) is 9.47 Å². The summed E-state index contributed by atoms with van der Waals surface area (Å²) in [6.07, 6.45) is 23.6. The Bertz CT molecular complexity index is 667. The van der Waals surface area contributed by atoms with Crippen LogP contribution in [0.25, 0.3) is 0 Å². The third kappa shape index (κ3) is 16.0. The molecule has 0 bridgehead atoms. The number of esters is 2. The lowest BCUT2D eigenvalue weighted by Crippen LogP contribution is -2.17. The van der Waals surface area contributed by atoms with E-state index in [1.807, 2.05) is 6.92 Å². The van der Waals surface area contributed by atoms with Crippen molar-refractivity contribution in [3.63, 3.8) is 0 Å². The van der Waals surface area contributed by atoms with Crippen LogP contribution in [0.5, 0.6) is 0 Å². The van der Waals surface area contributed by atoms with Crippen molar-refractivity contribution >= 4 is 11.9 Å². The maximum Gasteiger partial charge on any atom is 0.338 e. The van der Waals surface area contributed by atoms with Crippen molar-refractivity contribution in [2.24, 2.45) is 0 Å². The van der Waals surface area contributed by atoms with Gasteiger partial charge in [0.25, 0.3) is 0 Å². The molecule has 0 aliphatic rings. The van der Waals surface area contributed by atoms with Gasteiger partial charge in [-0.2, -0.15) is 0 Å². The Morgan fingerprint density at radius 1 is 0.583 bits per heavy atom. The third-order valence-electron chi connectivity index (χ3n) is 6.95. The summed E-state index contributed by atoms with van der Waals surface area (Å²) < 4.78 is 11.0. The highest BCUT2D eigenvalue weighted by Crippen LogP contribution is 2.15. The van der Waals surface area contributed by atoms with Gasteiger partial charge in [-0.25, -0.2) is 9.59 Å². The maximum absolute atomic E-state index is 12.4. The molecule has 206 valence electrons. The average Bonchev–Trinajstić information content (AvgIpc) is 2.90. The minimum Gasteiger partial charge on any atom is -0.462 e. The van der Waals surface area contributed by atoms with Crippen LogP contribution >= 0.6 is 0 Å². The molecule has 36 heavy (non-hydrogen) atoms. The van der Waals surface area contributed by atoms with Crippen LogP contribution < -0.4 is 0 Å². The second-order valence-electron chi connectivity index (χ2n) is 10.2. The second-order valence-corrected chi connectivity index (χ2v) is 10.2. The largest absolute Gasteiger partial charge is 0.462 e. The minimum absolute atomic E-state index is 0.0444. The zero-order valence-corrected chi connectivity index (χ0v) is 23.7. The van der Waals surface area contributed by atoms with E-state index in [-0.39, 0.29) is 18.0 Å². The van der Waals surface area contributed by atoms with Crippen LogP contribution in [0.1, 0.15) is 163 Å². The monoisotopic (exact) mass is 502 g/mol. The smallest absolute Gasteiger partial charge is 0.338 e. The zero-order chi connectivity index (χ0) is 26.3. The zero-order valence-electron chi connectivity index (χ0n) is 23.7. The highest BCUT2D eigenvalue weighted by atomic mass is 16.5. The summed E-state index contributed by atoms with van der Waals surface area (Å²) in [4.78, 5) is 24.6. The summed E-state index contributed by atoms with van der Waals surface area (Å²) in [5.74, 6) is -0.648. The first-order valence-electron chi connectivity index (χ1n) is 15.1. The Kier molecular flexibility index (Phi) is 20.0. The molecule has 0 heterocycles. The fourth-order valence-electron chi connectivity index (χ4n) is 4.46. The SMILES string of the molecule is CCCCCCCCCCCCCCCCCOC(=O)c1ccc(C(=O)OC(CC)CCCC)cc1. The molecular formula is C32H54O4. The van der Waals surface area contributed by atoms with Crippen molar-refractivity contribution < 1.29 is 19.1 Å². The molecule has 1 rings (SSSR count). The van der Waals surface area contributed by atoms with Gasteiger partial charge >= 0.3 is 11.9 Å². The standard InChI is InChI=1S/C32H54O4/c1-4-7-9-10-11-12-13-14-15-16-17-18-19-20-21-27-35-31(33)28-23-25-29(26-24-28)32(34)36-30(6-3)22-8-5-2/h23-26,30H,4-22,27H2,1-3H3. The van der Waals surface area contributed by atoms with Gasteiger partial charge < -0.3 is 9.47 Å². The molecular weight excluding hydrogens is 448 g/mol. The molecule has 1 aromatic carbocycles. The van der Waals surface area contributed by atoms with Crippen LogP contribution in [0.15, 0.2) is 24.3 Å². The van der Waals surface area contributed by atoms with E-state index < -0.39 is 0 Å². The highest BCUT2D eigenvalue weighted by molar-refractivity contribution is 5.93. The van der Waals surface area contributed by atoms with Gasteiger partial charge in [-0.3, -0.25) is 0 Å². The maximum atomic E-state index is 12.4. The molecule has 0 aromatic heterocycles. The second kappa shape index (κ2) is 22.4. The lowest BCUT2D eigenvalue weighted by Gasteiger charge is -2.15. The number of carbonyl (C=O) groups is 2. The number of rotatable bonds is 23. The van der Waals surface area contributed by atoms with E-state index in [9.17, 15) is 9.59 Å². The molecule has 1 aromatic rings. The van der Waals surface area contributed by atoms with Crippen molar-refractivity contribution in [3.05, 3.63) is 35.4 Å². The van der Waals surface area contributed by atoms with Crippen LogP contribution in [0.4, 0.5) is 0 Å². The van der Waals surface area contributed by atoms with Gasteiger partial charge in [0.1, 0.15) is 6.10 Å². The number of hydrogen-bond acceptors (Lipinski definition) is 4. The van der Waals surface area contributed by atoms with Crippen LogP contribution in [-0.4, -0.2) is 24.6 Å². The number of carbonyl (C=O) groups excluding carboxylic acids is 2. The van der Waals surface area contributed by atoms with Gasteiger partial charge in [0.05, 0.1) is 17.7 Å². The van der Waals surface area contributed by atoms with Gasteiger partial charge in [-0.05, 0) is 43.5 Å². The molecule has 4 nitrogen and oxygen atoms in total. The Morgan fingerprint density at radius 2 is 1.00 bits per heavy atom. The van der Waals surface area contributed by atoms with E-state index in [0.29, 0.717) is 17.7 Å². The van der Waals surface area contributed by atoms with E-state index in [0.717, 1.165) is 38.5 Å². The summed E-state index contributed by atoms with van der Waals surface area (Å²) in [7, 11) is 0. The first kappa shape index (κ1) is 32.2. The summed E-state index contributed by atoms with van der Waals surface area (Å²) in [5, 5.41) is 0. The van der Waals surface area contributed by atoms with Crippen molar-refractivity contribution in [2.45, 2.75) is 149 Å². The molecule has 0 radical (unpaired) electrons. The first-order valence-corrected chi connectivity index (χ1v) is 15.1. The molecule has 0 aliphatic carbocycles. The molecule has 1 atom stereocenters. The minimum atomic E-state index is -0.324. The van der Waals surface area contributed by atoms with E-state index in [4.69, 9.17) is 9.47 Å². The quantitative estimate of drug-likeness (QED) is 0.110. The third-order valence-corrected chi connectivity index (χ3v) is 6.95. The van der Waals surface area contributed by atoms with Crippen LogP contribution in [0.2, 0.25) is 0 Å². The highest BCUT2D eigenvalue weighted by Gasteiger charge is 2.15. The first-order chi connectivity index (χ1) is 17.6. The topological polar surface area (TPSA) is 52.6 Å². The summed E-state index contributed by atoms with van der Waals surface area (Å²) >= 11 is 0. The molecule has 0 N–H and O–H groups in total. The van der Waals surface area contributed by atoms with Crippen molar-refractivity contribution in [1.82, 2.24) is 0 Å². The van der Waals surface area contributed by atoms with E-state index in [1.54, 1.807) is 24.3 Å². The number of unbranched alkanes of at least 4 members (excludes halogenated alkanes) is 15. The fourth-order valence-corrected chi connectivity index (χ4v) is 4.46. The lowest BCUT2D eigenvalue weighted by molar-refractivity contribution is 0.0267. The van der Waals surface area contributed by atoms with E-state index in [1.165, 1.54) is 83.5 Å². The summed E-state index contributed by atoms with van der Waals surface area (Å²) in [6.45, 7) is 6.89. The predicted molar refractivity (Wildman–Crippen MR) is 151 cm³/mol. The molecule has 0 aliphatic heterocycles. The van der Waals surface area contributed by atoms with Gasteiger partial charge in [-0.15, -0.1) is 0 Å². The molecule has 0 saturated carbocycles. The molecule has 0 fully saturated rings. The lowest BCUT2D eigenvalue weighted by atomic mass is 10.0. The van der Waals surface area contributed by atoms with Gasteiger partial charge in [-0.1, -0.05) is 124 Å². The molecule has 0 amide bonds. The number of ether oxygens (including phenoxy) is 2. The van der Waals surface area contributed by atoms with Gasteiger partial charge in [0, 0.05) is 0 Å². The van der Waals surface area contributed by atoms with Crippen molar-refractivity contribution in [3.8, 4) is 0 Å². The van der Waals surface area contributed by atoms with Crippen LogP contribution in [0.3, 0.4) is 0 Å². The Labute approximate surface area is 221 Å². The molecule has 0 saturated heterocycles. The van der Waals surface area contributed by atoms with Gasteiger partial charge in [0.2, 0.25) is 0 Å². The molecule has 4 heteroatoms. The van der Waals surface area contributed by atoms with Gasteiger partial charge in [0.15, 0.2) is 0 Å². The Morgan fingerprint density at radius 3 is 1.44 bits per heavy atom. The van der Waals surface area contributed by atoms with E-state index in [2.05, 4.69) is 13.8 Å². The Balaban J connectivity index is 2.05. The van der Waals surface area contributed by atoms with E-state index >= 15 is 0 Å². The number of hydrogen-bond donors (Lipinski definition) is 0. The van der Waals surface area contributed by atoms with Crippen molar-refractivity contribution in [2.75, 3.05) is 6.61 Å². The summed E-state index contributed by atoms with van der Waals surface area (Å²) in [6, 6.07) is 6.61. The fraction of sp³-hybridized carbons (Fsp3) is 0.750. The predicted octanol–water partition coefficient (Wildman–Crippen LogP) is 9.84. The summed E-state index contributed by atoms with van der Waals surface area (Å²) in [5.41, 5.74) is 0.953. The normalized spacial score (nSPS) is 11.9.